The molecular formula is C19H24N8O. The normalized spacial score (nSPS) is 18.3. The van der Waals surface area contributed by atoms with Crippen LogP contribution in [0, 0.1) is 0 Å². The quantitative estimate of drug-likeness (QED) is 0.684. The van der Waals surface area contributed by atoms with Gasteiger partial charge in [-0.15, -0.1) is 15.3 Å². The number of rotatable bonds is 3. The van der Waals surface area contributed by atoms with Gasteiger partial charge in [-0.05, 0) is 31.4 Å². The van der Waals surface area contributed by atoms with E-state index in [1.807, 2.05) is 28.6 Å². The molecule has 0 bridgehead atoms. The Morgan fingerprint density at radius 3 is 2.71 bits per heavy atom. The summed E-state index contributed by atoms with van der Waals surface area (Å²) >= 11 is 0. The minimum atomic E-state index is 0.0383. The van der Waals surface area contributed by atoms with Crippen LogP contribution >= 0.6 is 0 Å². The second kappa shape index (κ2) is 6.88. The van der Waals surface area contributed by atoms with Crippen LogP contribution in [0.2, 0.25) is 0 Å². The van der Waals surface area contributed by atoms with E-state index in [0.717, 1.165) is 43.3 Å². The lowest BCUT2D eigenvalue weighted by atomic mass is 9.85. The molecule has 9 heteroatoms. The Bertz CT molecular complexity index is 1000. The molecule has 0 atom stereocenters. The third kappa shape index (κ3) is 2.90. The standard InChI is InChI=1S/C19H24N8O/c1-24-13-20-12-15(24)19(28)26-9-3-8-25(10-11-26)17-7-6-16-21-22-18(27(16)23-17)14-4-2-5-14/h6-7,12-14H,2-5,8-11H2,1H3. The van der Waals surface area contributed by atoms with E-state index >= 15 is 0 Å². The summed E-state index contributed by atoms with van der Waals surface area (Å²) in [5.74, 6) is 2.42. The van der Waals surface area contributed by atoms with Gasteiger partial charge in [0.1, 0.15) is 11.5 Å². The fourth-order valence-corrected chi connectivity index (χ4v) is 3.96. The second-order valence-corrected chi connectivity index (χ2v) is 7.67. The van der Waals surface area contributed by atoms with Crippen LogP contribution in [-0.2, 0) is 7.05 Å². The van der Waals surface area contributed by atoms with Crippen LogP contribution in [0.4, 0.5) is 5.82 Å². The maximum Gasteiger partial charge on any atom is 0.272 e. The van der Waals surface area contributed by atoms with E-state index < -0.39 is 0 Å². The Hall–Kier alpha value is -2.97. The molecule has 0 spiro atoms. The number of hydrogen-bond donors (Lipinski definition) is 0. The number of carbonyl (C=O) groups excluding carboxylic acids is 1. The summed E-state index contributed by atoms with van der Waals surface area (Å²) in [5, 5.41) is 13.5. The fourth-order valence-electron chi connectivity index (χ4n) is 3.96. The Labute approximate surface area is 163 Å². The van der Waals surface area contributed by atoms with E-state index in [9.17, 15) is 4.79 Å². The van der Waals surface area contributed by atoms with Crippen molar-refractivity contribution in [3.05, 3.63) is 36.2 Å². The number of carbonyl (C=O) groups is 1. The number of anilines is 1. The smallest absolute Gasteiger partial charge is 0.272 e. The molecule has 3 aromatic rings. The molecule has 1 saturated carbocycles. The molecule has 5 rings (SSSR count). The van der Waals surface area contributed by atoms with E-state index in [4.69, 9.17) is 5.10 Å². The van der Waals surface area contributed by atoms with Crippen molar-refractivity contribution in [2.24, 2.45) is 7.05 Å². The van der Waals surface area contributed by atoms with Gasteiger partial charge in [-0.2, -0.15) is 4.52 Å². The second-order valence-electron chi connectivity index (χ2n) is 7.67. The zero-order valence-electron chi connectivity index (χ0n) is 16.0. The lowest BCUT2D eigenvalue weighted by molar-refractivity contribution is 0.0757. The van der Waals surface area contributed by atoms with Crippen LogP contribution in [-0.4, -0.2) is 66.3 Å². The summed E-state index contributed by atoms with van der Waals surface area (Å²) in [4.78, 5) is 21.0. The topological polar surface area (TPSA) is 84.5 Å². The number of hydrogen-bond acceptors (Lipinski definition) is 6. The number of aromatic nitrogens is 6. The van der Waals surface area contributed by atoms with Crippen LogP contribution in [0.3, 0.4) is 0 Å². The molecule has 1 amide bonds. The number of amides is 1. The SMILES string of the molecule is Cn1cncc1C(=O)N1CCCN(c2ccc3nnc(C4CCC4)n3n2)CC1. The van der Waals surface area contributed by atoms with Gasteiger partial charge < -0.3 is 14.4 Å². The molecule has 9 nitrogen and oxygen atoms in total. The van der Waals surface area contributed by atoms with Gasteiger partial charge in [-0.3, -0.25) is 4.79 Å². The number of fused-ring (bicyclic) bond motifs is 1. The van der Waals surface area contributed by atoms with Crippen molar-refractivity contribution in [2.75, 3.05) is 31.1 Å². The van der Waals surface area contributed by atoms with E-state index in [-0.39, 0.29) is 5.91 Å². The van der Waals surface area contributed by atoms with E-state index in [0.29, 0.717) is 18.2 Å². The molecule has 0 N–H and O–H groups in total. The first-order chi connectivity index (χ1) is 13.7. The fraction of sp³-hybridized carbons (Fsp3) is 0.526. The van der Waals surface area contributed by atoms with Crippen LogP contribution in [0.15, 0.2) is 24.7 Å². The van der Waals surface area contributed by atoms with Crippen molar-refractivity contribution in [2.45, 2.75) is 31.6 Å². The van der Waals surface area contributed by atoms with E-state index in [1.165, 1.54) is 19.3 Å². The summed E-state index contributed by atoms with van der Waals surface area (Å²) in [5.41, 5.74) is 1.43. The van der Waals surface area contributed by atoms with Crippen molar-refractivity contribution in [3.8, 4) is 0 Å². The molecule has 0 unspecified atom stereocenters. The predicted octanol–water partition coefficient (Wildman–Crippen LogP) is 1.48. The minimum absolute atomic E-state index is 0.0383. The highest BCUT2D eigenvalue weighted by Gasteiger charge is 2.26. The first kappa shape index (κ1) is 17.2. The predicted molar refractivity (Wildman–Crippen MR) is 103 cm³/mol. The summed E-state index contributed by atoms with van der Waals surface area (Å²) in [6.45, 7) is 3.03. The molecular weight excluding hydrogens is 356 g/mol. The zero-order chi connectivity index (χ0) is 19.1. The van der Waals surface area contributed by atoms with Gasteiger partial charge in [0.25, 0.3) is 5.91 Å². The van der Waals surface area contributed by atoms with E-state index in [2.05, 4.69) is 20.1 Å². The van der Waals surface area contributed by atoms with Crippen molar-refractivity contribution < 1.29 is 4.79 Å². The summed E-state index contributed by atoms with van der Waals surface area (Å²) in [6.07, 6.45) is 7.79. The van der Waals surface area contributed by atoms with Gasteiger partial charge in [-0.25, -0.2) is 4.98 Å². The highest BCUT2D eigenvalue weighted by atomic mass is 16.2. The highest BCUT2D eigenvalue weighted by Crippen LogP contribution is 2.35. The van der Waals surface area contributed by atoms with Crippen molar-refractivity contribution in [1.82, 2.24) is 34.3 Å². The molecule has 1 saturated heterocycles. The molecule has 4 heterocycles. The largest absolute Gasteiger partial charge is 0.353 e. The number of nitrogens with zero attached hydrogens (tertiary/aromatic N) is 8. The number of imidazole rings is 1. The maximum atomic E-state index is 12.8. The Morgan fingerprint density at radius 1 is 1.07 bits per heavy atom. The van der Waals surface area contributed by atoms with E-state index in [1.54, 1.807) is 17.1 Å². The van der Waals surface area contributed by atoms with Gasteiger partial charge in [0, 0.05) is 39.1 Å². The monoisotopic (exact) mass is 380 g/mol. The average molecular weight is 380 g/mol. The lowest BCUT2D eigenvalue weighted by Gasteiger charge is -2.24. The van der Waals surface area contributed by atoms with Gasteiger partial charge in [-0.1, -0.05) is 6.42 Å². The Balaban J connectivity index is 1.34. The molecule has 146 valence electrons. The summed E-state index contributed by atoms with van der Waals surface area (Å²) in [6, 6.07) is 3.99. The Morgan fingerprint density at radius 2 is 1.96 bits per heavy atom. The maximum absolute atomic E-state index is 12.8. The molecule has 2 fully saturated rings. The molecule has 28 heavy (non-hydrogen) atoms. The minimum Gasteiger partial charge on any atom is -0.353 e. The van der Waals surface area contributed by atoms with Crippen LogP contribution in [0.25, 0.3) is 5.65 Å². The molecule has 3 aromatic heterocycles. The van der Waals surface area contributed by atoms with Crippen LogP contribution in [0.5, 0.6) is 0 Å². The van der Waals surface area contributed by atoms with Crippen LogP contribution < -0.4 is 4.90 Å². The number of aryl methyl sites for hydroxylation is 1. The first-order valence-electron chi connectivity index (χ1n) is 9.93. The van der Waals surface area contributed by atoms with Gasteiger partial charge in [0.05, 0.1) is 12.5 Å². The van der Waals surface area contributed by atoms with Crippen LogP contribution in [0.1, 0.15) is 47.9 Å². The van der Waals surface area contributed by atoms with Gasteiger partial charge >= 0.3 is 0 Å². The third-order valence-electron chi connectivity index (χ3n) is 5.89. The molecule has 1 aliphatic heterocycles. The zero-order valence-corrected chi connectivity index (χ0v) is 16.0. The summed E-state index contributed by atoms with van der Waals surface area (Å²) < 4.78 is 3.68. The third-order valence-corrected chi connectivity index (χ3v) is 5.89. The molecule has 1 aliphatic carbocycles. The van der Waals surface area contributed by atoms with Crippen molar-refractivity contribution in [3.63, 3.8) is 0 Å². The Kier molecular flexibility index (Phi) is 4.22. The van der Waals surface area contributed by atoms with Crippen molar-refractivity contribution >= 4 is 17.4 Å². The molecule has 0 aromatic carbocycles. The lowest BCUT2D eigenvalue weighted by Crippen LogP contribution is -2.36. The van der Waals surface area contributed by atoms with Crippen molar-refractivity contribution in [1.29, 1.82) is 0 Å². The average Bonchev–Trinajstić information content (AvgIpc) is 3.18. The molecule has 2 aliphatic rings. The first-order valence-corrected chi connectivity index (χ1v) is 9.93. The summed E-state index contributed by atoms with van der Waals surface area (Å²) in [7, 11) is 1.85. The molecule has 0 radical (unpaired) electrons. The highest BCUT2D eigenvalue weighted by molar-refractivity contribution is 5.92. The van der Waals surface area contributed by atoms with Gasteiger partial charge in [0.15, 0.2) is 11.5 Å². The van der Waals surface area contributed by atoms with Gasteiger partial charge in [0.2, 0.25) is 0 Å².